The van der Waals surface area contributed by atoms with Crippen LogP contribution in [-0.4, -0.2) is 42.3 Å². The Morgan fingerprint density at radius 1 is 1.25 bits per heavy atom. The second-order valence-corrected chi connectivity index (χ2v) is 6.34. The first-order valence-electron chi connectivity index (χ1n) is 8.35. The van der Waals surface area contributed by atoms with Crippen LogP contribution in [0.15, 0.2) is 24.3 Å². The van der Waals surface area contributed by atoms with E-state index >= 15 is 0 Å². The van der Waals surface area contributed by atoms with Crippen molar-refractivity contribution in [2.24, 2.45) is 11.7 Å². The molecule has 1 aromatic carbocycles. The van der Waals surface area contributed by atoms with Crippen LogP contribution in [0.5, 0.6) is 0 Å². The van der Waals surface area contributed by atoms with Crippen LogP contribution < -0.4 is 11.1 Å². The SMILES string of the molecule is Cc1ccc(CCC(=O)NCC(=O)N2CCCC(C(N)=O)C2)cc1. The molecule has 0 spiro atoms. The van der Waals surface area contributed by atoms with E-state index in [1.54, 1.807) is 4.90 Å². The lowest BCUT2D eigenvalue weighted by molar-refractivity contribution is -0.136. The molecule has 1 heterocycles. The molecule has 1 aliphatic heterocycles. The molecule has 1 saturated heterocycles. The van der Waals surface area contributed by atoms with Gasteiger partial charge in [-0.25, -0.2) is 0 Å². The minimum atomic E-state index is -0.366. The second kappa shape index (κ2) is 8.47. The number of benzene rings is 1. The molecule has 0 aliphatic carbocycles. The Balaban J connectivity index is 1.71. The lowest BCUT2D eigenvalue weighted by Crippen LogP contribution is -2.47. The Morgan fingerprint density at radius 3 is 2.62 bits per heavy atom. The first-order valence-corrected chi connectivity index (χ1v) is 8.35. The highest BCUT2D eigenvalue weighted by molar-refractivity contribution is 5.85. The number of carbonyl (C=O) groups is 3. The maximum atomic E-state index is 12.1. The zero-order chi connectivity index (χ0) is 17.5. The van der Waals surface area contributed by atoms with E-state index in [4.69, 9.17) is 5.73 Å². The molecule has 24 heavy (non-hydrogen) atoms. The molecular weight excluding hydrogens is 306 g/mol. The largest absolute Gasteiger partial charge is 0.369 e. The smallest absolute Gasteiger partial charge is 0.241 e. The van der Waals surface area contributed by atoms with Crippen molar-refractivity contribution < 1.29 is 14.4 Å². The number of nitrogens with zero attached hydrogens (tertiary/aromatic N) is 1. The van der Waals surface area contributed by atoms with Gasteiger partial charge < -0.3 is 16.0 Å². The fourth-order valence-corrected chi connectivity index (χ4v) is 2.82. The molecule has 0 radical (unpaired) electrons. The van der Waals surface area contributed by atoms with E-state index in [2.05, 4.69) is 5.32 Å². The average Bonchev–Trinajstić information content (AvgIpc) is 2.59. The molecule has 1 unspecified atom stereocenters. The number of nitrogens with two attached hydrogens (primary N) is 1. The van der Waals surface area contributed by atoms with Crippen molar-refractivity contribution in [2.45, 2.75) is 32.6 Å². The van der Waals surface area contributed by atoms with Crippen molar-refractivity contribution in [2.75, 3.05) is 19.6 Å². The summed E-state index contributed by atoms with van der Waals surface area (Å²) >= 11 is 0. The monoisotopic (exact) mass is 331 g/mol. The summed E-state index contributed by atoms with van der Waals surface area (Å²) in [5.41, 5.74) is 7.59. The standard InChI is InChI=1S/C18H25N3O3/c1-13-4-6-14(7-5-13)8-9-16(22)20-11-17(23)21-10-2-3-15(12-21)18(19)24/h4-7,15H,2-3,8-12H2,1H3,(H2,19,24)(H,20,22). The Bertz CT molecular complexity index is 598. The molecule has 0 bridgehead atoms. The molecule has 6 heteroatoms. The average molecular weight is 331 g/mol. The van der Waals surface area contributed by atoms with Gasteiger partial charge in [0.1, 0.15) is 0 Å². The summed E-state index contributed by atoms with van der Waals surface area (Å²) in [6, 6.07) is 8.04. The summed E-state index contributed by atoms with van der Waals surface area (Å²) in [5, 5.41) is 2.66. The van der Waals surface area contributed by atoms with E-state index in [1.807, 2.05) is 31.2 Å². The van der Waals surface area contributed by atoms with E-state index in [0.29, 0.717) is 25.9 Å². The molecule has 1 fully saturated rings. The van der Waals surface area contributed by atoms with Crippen LogP contribution >= 0.6 is 0 Å². The van der Waals surface area contributed by atoms with Gasteiger partial charge in [-0.2, -0.15) is 0 Å². The first kappa shape index (κ1) is 18.0. The van der Waals surface area contributed by atoms with Gasteiger partial charge >= 0.3 is 0 Å². The molecule has 1 atom stereocenters. The topological polar surface area (TPSA) is 92.5 Å². The maximum absolute atomic E-state index is 12.1. The highest BCUT2D eigenvalue weighted by atomic mass is 16.2. The number of primary amides is 1. The zero-order valence-electron chi connectivity index (χ0n) is 14.1. The van der Waals surface area contributed by atoms with Crippen molar-refractivity contribution in [1.29, 1.82) is 0 Å². The third kappa shape index (κ3) is 5.37. The molecule has 1 aliphatic rings. The lowest BCUT2D eigenvalue weighted by Gasteiger charge is -2.31. The Kier molecular flexibility index (Phi) is 6.35. The second-order valence-electron chi connectivity index (χ2n) is 6.34. The molecule has 2 rings (SSSR count). The van der Waals surface area contributed by atoms with E-state index in [1.165, 1.54) is 5.56 Å². The fraction of sp³-hybridized carbons (Fsp3) is 0.500. The predicted octanol–water partition coefficient (Wildman–Crippen LogP) is 0.768. The molecule has 1 aromatic rings. The van der Waals surface area contributed by atoms with Gasteiger partial charge in [-0.15, -0.1) is 0 Å². The van der Waals surface area contributed by atoms with Crippen LogP contribution in [0.4, 0.5) is 0 Å². The normalized spacial score (nSPS) is 17.4. The summed E-state index contributed by atoms with van der Waals surface area (Å²) in [6.45, 7) is 2.96. The summed E-state index contributed by atoms with van der Waals surface area (Å²) in [6.07, 6.45) is 2.48. The van der Waals surface area contributed by atoms with Crippen LogP contribution in [0.1, 0.15) is 30.4 Å². The van der Waals surface area contributed by atoms with Crippen LogP contribution in [0, 0.1) is 12.8 Å². The highest BCUT2D eigenvalue weighted by Crippen LogP contribution is 2.15. The van der Waals surface area contributed by atoms with Crippen LogP contribution in [-0.2, 0) is 20.8 Å². The number of likely N-dealkylation sites (tertiary alicyclic amines) is 1. The van der Waals surface area contributed by atoms with E-state index in [9.17, 15) is 14.4 Å². The summed E-state index contributed by atoms with van der Waals surface area (Å²) in [4.78, 5) is 36.9. The highest BCUT2D eigenvalue weighted by Gasteiger charge is 2.26. The fourth-order valence-electron chi connectivity index (χ4n) is 2.82. The number of aryl methyl sites for hydroxylation is 2. The number of piperidine rings is 1. The number of hydrogen-bond donors (Lipinski definition) is 2. The van der Waals surface area contributed by atoms with Gasteiger partial charge in [0.2, 0.25) is 17.7 Å². The van der Waals surface area contributed by atoms with Crippen LogP contribution in [0.3, 0.4) is 0 Å². The van der Waals surface area contributed by atoms with Gasteiger partial charge in [-0.05, 0) is 31.7 Å². The molecule has 3 N–H and O–H groups in total. The number of carbonyl (C=O) groups excluding carboxylic acids is 3. The van der Waals surface area contributed by atoms with Gasteiger partial charge in [0.25, 0.3) is 0 Å². The van der Waals surface area contributed by atoms with E-state index in [0.717, 1.165) is 18.4 Å². The van der Waals surface area contributed by atoms with Crippen LogP contribution in [0.25, 0.3) is 0 Å². The van der Waals surface area contributed by atoms with Gasteiger partial charge in [0.15, 0.2) is 0 Å². The summed E-state index contributed by atoms with van der Waals surface area (Å²) < 4.78 is 0. The molecule has 6 nitrogen and oxygen atoms in total. The minimum Gasteiger partial charge on any atom is -0.369 e. The molecule has 0 aromatic heterocycles. The molecule has 3 amide bonds. The van der Waals surface area contributed by atoms with Gasteiger partial charge in [0.05, 0.1) is 12.5 Å². The predicted molar refractivity (Wildman–Crippen MR) is 91.0 cm³/mol. The Morgan fingerprint density at radius 2 is 1.96 bits per heavy atom. The van der Waals surface area contributed by atoms with E-state index < -0.39 is 0 Å². The Labute approximate surface area is 142 Å². The lowest BCUT2D eigenvalue weighted by atomic mass is 9.97. The van der Waals surface area contributed by atoms with Gasteiger partial charge in [-0.3, -0.25) is 14.4 Å². The Hall–Kier alpha value is -2.37. The van der Waals surface area contributed by atoms with Gasteiger partial charge in [0, 0.05) is 19.5 Å². The summed E-state index contributed by atoms with van der Waals surface area (Å²) in [7, 11) is 0. The quantitative estimate of drug-likeness (QED) is 0.806. The zero-order valence-corrected chi connectivity index (χ0v) is 14.1. The van der Waals surface area contributed by atoms with Crippen molar-refractivity contribution in [3.63, 3.8) is 0 Å². The third-order valence-corrected chi connectivity index (χ3v) is 4.37. The van der Waals surface area contributed by atoms with Crippen molar-refractivity contribution in [1.82, 2.24) is 10.2 Å². The van der Waals surface area contributed by atoms with Crippen molar-refractivity contribution >= 4 is 17.7 Å². The molecule has 0 saturated carbocycles. The molecular formula is C18H25N3O3. The number of rotatable bonds is 6. The van der Waals surface area contributed by atoms with Crippen molar-refractivity contribution in [3.05, 3.63) is 35.4 Å². The molecule has 130 valence electrons. The number of nitrogens with one attached hydrogen (secondary N) is 1. The number of amides is 3. The minimum absolute atomic E-state index is 0.0296. The van der Waals surface area contributed by atoms with Crippen molar-refractivity contribution in [3.8, 4) is 0 Å². The van der Waals surface area contributed by atoms with Gasteiger partial charge in [-0.1, -0.05) is 29.8 Å². The number of hydrogen-bond acceptors (Lipinski definition) is 3. The summed E-state index contributed by atoms with van der Waals surface area (Å²) in [5.74, 6) is -0.952. The third-order valence-electron chi connectivity index (χ3n) is 4.37. The van der Waals surface area contributed by atoms with E-state index in [-0.39, 0.29) is 30.2 Å². The van der Waals surface area contributed by atoms with Crippen LogP contribution in [0.2, 0.25) is 0 Å². The first-order chi connectivity index (χ1) is 11.5. The maximum Gasteiger partial charge on any atom is 0.241 e.